The van der Waals surface area contributed by atoms with Crippen LogP contribution < -0.4 is 21.9 Å². The Morgan fingerprint density at radius 3 is 2.53 bits per heavy atom. The van der Waals surface area contributed by atoms with Crippen LogP contribution in [0.2, 0.25) is 0 Å². The molecule has 0 aromatic carbocycles. The molecule has 17 heavy (non-hydrogen) atoms. The lowest BCUT2D eigenvalue weighted by Crippen LogP contribution is -2.43. The van der Waals surface area contributed by atoms with Crippen LogP contribution in [0.25, 0.3) is 0 Å². The Bertz CT molecular complexity index is 510. The van der Waals surface area contributed by atoms with Gasteiger partial charge < -0.3 is 10.6 Å². The number of hydrogen-bond acceptors (Lipinski definition) is 5. The number of carbonyl (C=O) groups excluding carboxylic acids is 1. The molecule has 1 rings (SSSR count). The van der Waals surface area contributed by atoms with Gasteiger partial charge in [-0.05, 0) is 20.8 Å². The molecule has 0 unspecified atom stereocenters. The average molecular weight is 241 g/mol. The van der Waals surface area contributed by atoms with Gasteiger partial charge in [0.15, 0.2) is 0 Å². The zero-order valence-corrected chi connectivity index (χ0v) is 9.88. The highest BCUT2D eigenvalue weighted by atomic mass is 16.2. The predicted octanol–water partition coefficient (Wildman–Crippen LogP) is -1.22. The van der Waals surface area contributed by atoms with Crippen LogP contribution in [-0.4, -0.2) is 33.2 Å². The number of anilines is 1. The zero-order valence-electron chi connectivity index (χ0n) is 9.88. The van der Waals surface area contributed by atoms with Crippen molar-refractivity contribution >= 4 is 11.7 Å². The number of H-pyrrole nitrogens is 2. The van der Waals surface area contributed by atoms with Gasteiger partial charge in [0.25, 0.3) is 5.56 Å². The molecule has 0 radical (unpaired) electrons. The van der Waals surface area contributed by atoms with E-state index in [4.69, 9.17) is 0 Å². The minimum absolute atomic E-state index is 0.0978. The summed E-state index contributed by atoms with van der Waals surface area (Å²) in [5.74, 6) is -0.376. The lowest BCUT2D eigenvalue weighted by atomic mass is 10.1. The summed E-state index contributed by atoms with van der Waals surface area (Å²) in [6.45, 7) is 5.43. The van der Waals surface area contributed by atoms with Crippen LogP contribution in [0, 0.1) is 0 Å². The van der Waals surface area contributed by atoms with E-state index in [-0.39, 0.29) is 23.8 Å². The number of nitrogens with one attached hydrogen (secondary N) is 4. The van der Waals surface area contributed by atoms with E-state index >= 15 is 0 Å². The smallest absolute Gasteiger partial charge is 0.342 e. The number of aromatic nitrogens is 3. The lowest BCUT2D eigenvalue weighted by Gasteiger charge is -2.20. The fourth-order valence-corrected chi connectivity index (χ4v) is 1.09. The van der Waals surface area contributed by atoms with Gasteiger partial charge in [-0.15, -0.1) is 5.10 Å². The average Bonchev–Trinajstić information content (AvgIpc) is 2.13. The van der Waals surface area contributed by atoms with Gasteiger partial charge in [0.1, 0.15) is 0 Å². The molecule has 0 aliphatic carbocycles. The Morgan fingerprint density at radius 2 is 2.00 bits per heavy atom. The van der Waals surface area contributed by atoms with Gasteiger partial charge in [0, 0.05) is 5.54 Å². The first kappa shape index (κ1) is 12.9. The second-order valence-electron chi connectivity index (χ2n) is 4.51. The highest BCUT2D eigenvalue weighted by Gasteiger charge is 2.13. The Balaban J connectivity index is 2.59. The van der Waals surface area contributed by atoms with Crippen molar-refractivity contribution in [2.45, 2.75) is 26.3 Å². The minimum Gasteiger partial charge on any atom is -0.355 e. The van der Waals surface area contributed by atoms with E-state index in [2.05, 4.69) is 20.8 Å². The molecule has 1 aromatic rings. The van der Waals surface area contributed by atoms with Gasteiger partial charge in [-0.25, -0.2) is 9.89 Å². The van der Waals surface area contributed by atoms with E-state index in [1.165, 1.54) is 0 Å². The van der Waals surface area contributed by atoms with Crippen LogP contribution in [0.5, 0.6) is 0 Å². The summed E-state index contributed by atoms with van der Waals surface area (Å²) in [5, 5.41) is 10.8. The van der Waals surface area contributed by atoms with Crippen molar-refractivity contribution in [1.29, 1.82) is 0 Å². The standard InChI is InChI=1S/C9H15N5O3/c1-9(2,3)12-5(15)4-10-6-7(16)11-8(17)14-13-6/h4H2,1-3H3,(H,10,13)(H,12,15)(H2,11,14,16,17). The van der Waals surface area contributed by atoms with Crippen molar-refractivity contribution in [3.63, 3.8) is 0 Å². The van der Waals surface area contributed by atoms with Gasteiger partial charge in [-0.1, -0.05) is 0 Å². The molecule has 1 aromatic heterocycles. The maximum Gasteiger partial charge on any atom is 0.342 e. The monoisotopic (exact) mass is 241 g/mol. The summed E-state index contributed by atoms with van der Waals surface area (Å²) in [6, 6.07) is 0. The van der Waals surface area contributed by atoms with Crippen molar-refractivity contribution in [1.82, 2.24) is 20.5 Å². The molecule has 4 N–H and O–H groups in total. The summed E-state index contributed by atoms with van der Waals surface area (Å²) >= 11 is 0. The molecule has 8 heteroatoms. The van der Waals surface area contributed by atoms with E-state index in [1.807, 2.05) is 25.8 Å². The Kier molecular flexibility index (Phi) is 3.66. The van der Waals surface area contributed by atoms with Crippen LogP contribution in [-0.2, 0) is 4.79 Å². The number of amides is 1. The molecule has 0 aliphatic heterocycles. The van der Waals surface area contributed by atoms with E-state index in [0.717, 1.165) is 0 Å². The Morgan fingerprint density at radius 1 is 1.35 bits per heavy atom. The number of carbonyl (C=O) groups is 1. The number of nitrogens with zero attached hydrogens (tertiary/aromatic N) is 1. The van der Waals surface area contributed by atoms with Crippen molar-refractivity contribution in [2.75, 3.05) is 11.9 Å². The van der Waals surface area contributed by atoms with Crippen LogP contribution in [0.1, 0.15) is 20.8 Å². The number of hydrogen-bond donors (Lipinski definition) is 4. The van der Waals surface area contributed by atoms with Crippen LogP contribution in [0.3, 0.4) is 0 Å². The molecule has 8 nitrogen and oxygen atoms in total. The first-order valence-corrected chi connectivity index (χ1v) is 5.02. The van der Waals surface area contributed by atoms with Crippen molar-refractivity contribution in [3.05, 3.63) is 20.8 Å². The third-order valence-corrected chi connectivity index (χ3v) is 1.64. The van der Waals surface area contributed by atoms with Gasteiger partial charge in [-0.2, -0.15) is 0 Å². The molecule has 0 bridgehead atoms. The van der Waals surface area contributed by atoms with E-state index < -0.39 is 11.2 Å². The minimum atomic E-state index is -0.695. The molecule has 0 aliphatic rings. The summed E-state index contributed by atoms with van der Waals surface area (Å²) < 4.78 is 0. The SMILES string of the molecule is CC(C)(C)NC(=O)CNc1n[nH]c(=O)[nH]c1=O. The molecule has 1 amide bonds. The van der Waals surface area contributed by atoms with Gasteiger partial charge in [0.05, 0.1) is 6.54 Å². The molecule has 0 atom stereocenters. The van der Waals surface area contributed by atoms with Crippen LogP contribution >= 0.6 is 0 Å². The molecular formula is C9H15N5O3. The van der Waals surface area contributed by atoms with Crippen LogP contribution in [0.15, 0.2) is 9.59 Å². The van der Waals surface area contributed by atoms with Crippen molar-refractivity contribution in [3.8, 4) is 0 Å². The molecule has 94 valence electrons. The van der Waals surface area contributed by atoms with Crippen LogP contribution in [0.4, 0.5) is 5.82 Å². The summed E-state index contributed by atoms with van der Waals surface area (Å²) in [5.41, 5.74) is -1.71. The highest BCUT2D eigenvalue weighted by Crippen LogP contribution is 1.97. The fourth-order valence-electron chi connectivity index (χ4n) is 1.09. The lowest BCUT2D eigenvalue weighted by molar-refractivity contribution is -0.120. The third kappa shape index (κ3) is 4.49. The first-order valence-electron chi connectivity index (χ1n) is 5.02. The summed E-state index contributed by atoms with van der Waals surface area (Å²) in [7, 11) is 0. The van der Waals surface area contributed by atoms with E-state index in [9.17, 15) is 14.4 Å². The van der Waals surface area contributed by atoms with Crippen molar-refractivity contribution in [2.24, 2.45) is 0 Å². The molecule has 1 heterocycles. The molecule has 0 saturated carbocycles. The number of aromatic amines is 2. The largest absolute Gasteiger partial charge is 0.355 e. The fraction of sp³-hybridized carbons (Fsp3) is 0.556. The summed E-state index contributed by atoms with van der Waals surface area (Å²) in [6.07, 6.45) is 0. The zero-order chi connectivity index (χ0) is 13.1. The molecular weight excluding hydrogens is 226 g/mol. The topological polar surface area (TPSA) is 120 Å². The van der Waals surface area contributed by atoms with E-state index in [1.54, 1.807) is 0 Å². The quantitative estimate of drug-likeness (QED) is 0.529. The maximum atomic E-state index is 11.4. The molecule has 0 saturated heterocycles. The van der Waals surface area contributed by atoms with Gasteiger partial charge in [0.2, 0.25) is 11.7 Å². The molecule has 0 spiro atoms. The predicted molar refractivity (Wildman–Crippen MR) is 61.9 cm³/mol. The Hall–Kier alpha value is -2.12. The maximum absolute atomic E-state index is 11.4. The van der Waals surface area contributed by atoms with E-state index in [0.29, 0.717) is 0 Å². The first-order chi connectivity index (χ1) is 7.78. The second-order valence-corrected chi connectivity index (χ2v) is 4.51. The second kappa shape index (κ2) is 4.81. The highest BCUT2D eigenvalue weighted by molar-refractivity contribution is 5.80. The van der Waals surface area contributed by atoms with Gasteiger partial charge in [-0.3, -0.25) is 14.6 Å². The van der Waals surface area contributed by atoms with Crippen molar-refractivity contribution < 1.29 is 4.79 Å². The Labute approximate surface area is 96.8 Å². The third-order valence-electron chi connectivity index (χ3n) is 1.64. The molecule has 0 fully saturated rings. The summed E-state index contributed by atoms with van der Waals surface area (Å²) in [4.78, 5) is 35.3. The number of rotatable bonds is 3. The normalized spacial score (nSPS) is 11.0. The van der Waals surface area contributed by atoms with Gasteiger partial charge >= 0.3 is 5.69 Å².